The average molecular weight is 350 g/mol. The quantitative estimate of drug-likeness (QED) is 0.816. The van der Waals surface area contributed by atoms with E-state index in [1.807, 2.05) is 58.2 Å². The fourth-order valence-electron chi connectivity index (χ4n) is 3.53. The molecule has 0 aliphatic carbocycles. The van der Waals surface area contributed by atoms with Crippen molar-refractivity contribution in [2.45, 2.75) is 32.6 Å². The van der Waals surface area contributed by atoms with Crippen molar-refractivity contribution in [1.82, 2.24) is 4.90 Å². The molecule has 0 aromatic heterocycles. The molecule has 1 aromatic carbocycles. The number of fused-ring (bicyclic) bond motifs is 1. The van der Waals surface area contributed by atoms with Crippen molar-refractivity contribution in [1.29, 1.82) is 10.8 Å². The number of allylic oxidation sites excluding steroid dienone is 3. The molecule has 2 aliphatic heterocycles. The van der Waals surface area contributed by atoms with Crippen LogP contribution >= 0.6 is 0 Å². The summed E-state index contributed by atoms with van der Waals surface area (Å²) in [5.41, 5.74) is 4.95. The van der Waals surface area contributed by atoms with Crippen molar-refractivity contribution in [3.8, 4) is 0 Å². The third kappa shape index (κ3) is 2.87. The second-order valence-electron chi connectivity index (χ2n) is 7.68. The average Bonchev–Trinajstić information content (AvgIpc) is 2.77. The zero-order valence-electron chi connectivity index (χ0n) is 16.1. The summed E-state index contributed by atoms with van der Waals surface area (Å²) >= 11 is 0. The van der Waals surface area contributed by atoms with E-state index < -0.39 is 5.41 Å². The van der Waals surface area contributed by atoms with E-state index in [0.717, 1.165) is 34.6 Å². The minimum absolute atomic E-state index is 0.0704. The first-order valence-electron chi connectivity index (χ1n) is 8.81. The van der Waals surface area contributed by atoms with Gasteiger partial charge in [0, 0.05) is 49.9 Å². The lowest BCUT2D eigenvalue weighted by Gasteiger charge is -2.23. The van der Waals surface area contributed by atoms with Crippen molar-refractivity contribution < 1.29 is 4.79 Å². The lowest BCUT2D eigenvalue weighted by molar-refractivity contribution is -0.121. The van der Waals surface area contributed by atoms with Gasteiger partial charge in [0.05, 0.1) is 5.41 Å². The third-order valence-electron chi connectivity index (χ3n) is 5.47. The second kappa shape index (κ2) is 6.24. The Morgan fingerprint density at radius 2 is 1.88 bits per heavy atom. The molecule has 1 amide bonds. The molecule has 0 atom stereocenters. The molecule has 2 N–H and O–H groups in total. The van der Waals surface area contributed by atoms with Crippen LogP contribution < -0.4 is 4.90 Å². The van der Waals surface area contributed by atoms with E-state index in [9.17, 15) is 4.79 Å². The summed E-state index contributed by atoms with van der Waals surface area (Å²) in [6, 6.07) is 5.75. The summed E-state index contributed by atoms with van der Waals surface area (Å²) in [5.74, 6) is 0.0704. The normalized spacial score (nSPS) is 18.4. The summed E-state index contributed by atoms with van der Waals surface area (Å²) in [6.45, 7) is 6.67. The lowest BCUT2D eigenvalue weighted by atomic mass is 9.85. The molecule has 0 saturated heterocycles. The molecule has 2 heterocycles. The maximum atomic E-state index is 12.4. The van der Waals surface area contributed by atoms with E-state index >= 15 is 0 Å². The van der Waals surface area contributed by atoms with Gasteiger partial charge < -0.3 is 20.6 Å². The highest BCUT2D eigenvalue weighted by Crippen LogP contribution is 2.41. The standard InChI is InChI=1S/C21H26N4O/c1-13-10-15(8-9-24(13)4)18(23)12-17(22)14-6-7-16-19(11-14)25(5)20(26)21(16,2)3/h6-8,10-11,22-23H,9,12H2,1-5H3. The van der Waals surface area contributed by atoms with Crippen LogP contribution in [0.15, 0.2) is 41.6 Å². The summed E-state index contributed by atoms with van der Waals surface area (Å²) in [5, 5.41) is 16.8. The van der Waals surface area contributed by atoms with Gasteiger partial charge in [0.1, 0.15) is 0 Å². The SMILES string of the molecule is CC1=CC(C(=N)CC(=N)c2ccc3c(c2)N(C)C(=O)C3(C)C)=CCN1C. The molecular formula is C21H26N4O. The predicted molar refractivity (Wildman–Crippen MR) is 107 cm³/mol. The molecule has 0 saturated carbocycles. The number of nitrogens with zero attached hydrogens (tertiary/aromatic N) is 2. The van der Waals surface area contributed by atoms with E-state index in [4.69, 9.17) is 10.8 Å². The van der Waals surface area contributed by atoms with Crippen LogP contribution in [0.3, 0.4) is 0 Å². The van der Waals surface area contributed by atoms with Crippen molar-refractivity contribution in [2.75, 3.05) is 25.5 Å². The van der Waals surface area contributed by atoms with E-state index in [-0.39, 0.29) is 12.3 Å². The van der Waals surface area contributed by atoms with Gasteiger partial charge in [0.15, 0.2) is 0 Å². The number of carbonyl (C=O) groups excluding carboxylic acids is 1. The Bertz CT molecular complexity index is 876. The number of anilines is 1. The van der Waals surface area contributed by atoms with Gasteiger partial charge in [-0.3, -0.25) is 4.79 Å². The Balaban J connectivity index is 1.80. The Morgan fingerprint density at radius 1 is 1.19 bits per heavy atom. The fourth-order valence-corrected chi connectivity index (χ4v) is 3.53. The highest BCUT2D eigenvalue weighted by molar-refractivity contribution is 6.17. The minimum Gasteiger partial charge on any atom is -0.374 e. The first-order valence-corrected chi connectivity index (χ1v) is 8.81. The number of amides is 1. The van der Waals surface area contributed by atoms with Crippen molar-refractivity contribution in [2.24, 2.45) is 0 Å². The number of hydrogen-bond acceptors (Lipinski definition) is 4. The Morgan fingerprint density at radius 3 is 2.54 bits per heavy atom. The second-order valence-corrected chi connectivity index (χ2v) is 7.68. The van der Waals surface area contributed by atoms with Crippen LogP contribution in [0.5, 0.6) is 0 Å². The Hall–Kier alpha value is -2.69. The van der Waals surface area contributed by atoms with Gasteiger partial charge in [-0.25, -0.2) is 0 Å². The Kier molecular flexibility index (Phi) is 4.34. The zero-order valence-corrected chi connectivity index (χ0v) is 16.1. The van der Waals surface area contributed by atoms with Crippen molar-refractivity contribution in [3.05, 3.63) is 52.7 Å². The summed E-state index contributed by atoms with van der Waals surface area (Å²) in [6.07, 6.45) is 4.30. The van der Waals surface area contributed by atoms with E-state index in [2.05, 4.69) is 4.90 Å². The maximum absolute atomic E-state index is 12.4. The van der Waals surface area contributed by atoms with Gasteiger partial charge in [0.25, 0.3) is 0 Å². The lowest BCUT2D eigenvalue weighted by Crippen LogP contribution is -2.33. The predicted octanol–water partition coefficient (Wildman–Crippen LogP) is 3.49. The van der Waals surface area contributed by atoms with Crippen LogP contribution in [0.1, 0.15) is 38.3 Å². The van der Waals surface area contributed by atoms with E-state index in [1.165, 1.54) is 0 Å². The van der Waals surface area contributed by atoms with Crippen LogP contribution in [0.2, 0.25) is 0 Å². The number of likely N-dealkylation sites (N-methyl/N-ethyl adjacent to an activating group) is 2. The molecule has 2 aliphatic rings. The molecular weight excluding hydrogens is 324 g/mol. The molecule has 1 aromatic rings. The molecule has 0 fully saturated rings. The molecule has 26 heavy (non-hydrogen) atoms. The number of rotatable bonds is 4. The van der Waals surface area contributed by atoms with Crippen LogP contribution in [-0.4, -0.2) is 42.9 Å². The molecule has 0 bridgehead atoms. The molecule has 136 valence electrons. The van der Waals surface area contributed by atoms with Gasteiger partial charge in [0.2, 0.25) is 5.91 Å². The van der Waals surface area contributed by atoms with Crippen LogP contribution in [-0.2, 0) is 10.2 Å². The van der Waals surface area contributed by atoms with Crippen LogP contribution in [0.25, 0.3) is 0 Å². The highest BCUT2D eigenvalue weighted by Gasteiger charge is 2.42. The van der Waals surface area contributed by atoms with Crippen molar-refractivity contribution >= 4 is 23.0 Å². The first-order chi connectivity index (χ1) is 12.1. The van der Waals surface area contributed by atoms with E-state index in [1.54, 1.807) is 11.9 Å². The molecule has 0 unspecified atom stereocenters. The largest absolute Gasteiger partial charge is 0.374 e. The molecule has 5 nitrogen and oxygen atoms in total. The van der Waals surface area contributed by atoms with Crippen LogP contribution in [0, 0.1) is 10.8 Å². The van der Waals surface area contributed by atoms with Gasteiger partial charge in [-0.15, -0.1) is 0 Å². The first kappa shape index (κ1) is 18.1. The number of carbonyl (C=O) groups is 1. The van der Waals surface area contributed by atoms with Gasteiger partial charge in [-0.05, 0) is 49.6 Å². The zero-order chi connectivity index (χ0) is 19.2. The van der Waals surface area contributed by atoms with Gasteiger partial charge >= 0.3 is 0 Å². The summed E-state index contributed by atoms with van der Waals surface area (Å²) in [7, 11) is 3.80. The number of benzene rings is 1. The molecule has 0 spiro atoms. The van der Waals surface area contributed by atoms with Crippen LogP contribution in [0.4, 0.5) is 5.69 Å². The fraction of sp³-hybridized carbons (Fsp3) is 0.381. The van der Waals surface area contributed by atoms with E-state index in [0.29, 0.717) is 11.4 Å². The van der Waals surface area contributed by atoms with Gasteiger partial charge in [-0.2, -0.15) is 0 Å². The maximum Gasteiger partial charge on any atom is 0.236 e. The van der Waals surface area contributed by atoms with Gasteiger partial charge in [-0.1, -0.05) is 18.2 Å². The number of nitrogens with one attached hydrogen (secondary N) is 2. The smallest absolute Gasteiger partial charge is 0.236 e. The topological polar surface area (TPSA) is 71.2 Å². The third-order valence-corrected chi connectivity index (χ3v) is 5.47. The molecule has 3 rings (SSSR count). The molecule has 5 heteroatoms. The minimum atomic E-state index is -0.529. The Labute approximate surface area is 155 Å². The molecule has 0 radical (unpaired) electrons. The monoisotopic (exact) mass is 350 g/mol. The van der Waals surface area contributed by atoms with Crippen molar-refractivity contribution in [3.63, 3.8) is 0 Å². The summed E-state index contributed by atoms with van der Waals surface area (Å²) < 4.78 is 0. The summed E-state index contributed by atoms with van der Waals surface area (Å²) in [4.78, 5) is 16.2. The highest BCUT2D eigenvalue weighted by atomic mass is 16.2. The number of hydrogen-bond donors (Lipinski definition) is 2.